The summed E-state index contributed by atoms with van der Waals surface area (Å²) in [4.78, 5) is 39.1. The van der Waals surface area contributed by atoms with Crippen LogP contribution in [0.2, 0.25) is 5.02 Å². The van der Waals surface area contributed by atoms with E-state index in [1.807, 2.05) is 50.2 Å². The molecule has 1 aliphatic heterocycles. The van der Waals surface area contributed by atoms with Gasteiger partial charge in [0.1, 0.15) is 11.3 Å². The van der Waals surface area contributed by atoms with E-state index in [1.54, 1.807) is 31.4 Å². The number of halogens is 1. The van der Waals surface area contributed by atoms with Crippen molar-refractivity contribution in [1.29, 1.82) is 0 Å². The van der Waals surface area contributed by atoms with Crippen LogP contribution in [0.3, 0.4) is 0 Å². The number of hydrogen-bond donors (Lipinski definition) is 1. The number of methoxy groups -OCH3 is 1. The van der Waals surface area contributed by atoms with E-state index in [2.05, 4.69) is 5.32 Å². The Morgan fingerprint density at radius 3 is 2.41 bits per heavy atom. The molecule has 0 aliphatic carbocycles. The summed E-state index contributed by atoms with van der Waals surface area (Å²) in [5, 5.41) is 2.92. The van der Waals surface area contributed by atoms with Crippen molar-refractivity contribution in [3.05, 3.63) is 99.1 Å². The fourth-order valence-electron chi connectivity index (χ4n) is 3.77. The lowest BCUT2D eigenvalue weighted by molar-refractivity contribution is -0.122. The average molecular weight is 475 g/mol. The van der Waals surface area contributed by atoms with Gasteiger partial charge in [0.15, 0.2) is 0 Å². The molecule has 172 valence electrons. The maximum Gasteiger partial charge on any atom is 0.335 e. The molecule has 7 heteroatoms. The van der Waals surface area contributed by atoms with Crippen LogP contribution < -0.4 is 15.0 Å². The molecule has 0 atom stereocenters. The first-order chi connectivity index (χ1) is 16.3. The molecule has 0 saturated carbocycles. The standard InChI is InChI=1S/C27H23ClN2O4/c1-16-8-11-21(12-17(16)2)30-26(32)22(25(31)29-27(30)33)13-18-9-10-20(24(14-18)34-3)15-19-6-4-5-7-23(19)28/h4-14H,15H2,1-3H3,(H,29,31,33)/b22-13+. The number of imide groups is 2. The fourth-order valence-corrected chi connectivity index (χ4v) is 3.97. The van der Waals surface area contributed by atoms with Crippen LogP contribution in [-0.4, -0.2) is 25.0 Å². The number of amides is 4. The van der Waals surface area contributed by atoms with Crippen molar-refractivity contribution in [3.63, 3.8) is 0 Å². The van der Waals surface area contributed by atoms with Crippen LogP contribution in [0, 0.1) is 13.8 Å². The summed E-state index contributed by atoms with van der Waals surface area (Å²) in [6, 6.07) is 17.4. The van der Waals surface area contributed by atoms with Gasteiger partial charge in [-0.3, -0.25) is 14.9 Å². The third-order valence-electron chi connectivity index (χ3n) is 5.81. The molecule has 4 rings (SSSR count). The number of rotatable bonds is 5. The zero-order valence-electron chi connectivity index (χ0n) is 19.0. The summed E-state index contributed by atoms with van der Waals surface area (Å²) in [5.74, 6) is -0.828. The molecule has 0 bridgehead atoms. The van der Waals surface area contributed by atoms with E-state index < -0.39 is 17.8 Å². The number of ether oxygens (including phenoxy) is 1. The molecule has 0 aromatic heterocycles. The van der Waals surface area contributed by atoms with Gasteiger partial charge in [-0.05, 0) is 72.0 Å². The maximum absolute atomic E-state index is 13.2. The van der Waals surface area contributed by atoms with Crippen LogP contribution in [0.5, 0.6) is 5.75 Å². The minimum Gasteiger partial charge on any atom is -0.496 e. The summed E-state index contributed by atoms with van der Waals surface area (Å²) >= 11 is 6.29. The molecule has 0 radical (unpaired) electrons. The number of hydrogen-bond acceptors (Lipinski definition) is 4. The lowest BCUT2D eigenvalue weighted by Gasteiger charge is -2.27. The molecule has 1 saturated heterocycles. The molecule has 3 aromatic carbocycles. The first kappa shape index (κ1) is 23.3. The monoisotopic (exact) mass is 474 g/mol. The smallest absolute Gasteiger partial charge is 0.335 e. The van der Waals surface area contributed by atoms with Gasteiger partial charge in [-0.15, -0.1) is 0 Å². The Kier molecular flexibility index (Phi) is 6.52. The molecule has 0 spiro atoms. The van der Waals surface area contributed by atoms with Gasteiger partial charge < -0.3 is 4.74 Å². The number of nitrogens with one attached hydrogen (secondary N) is 1. The van der Waals surface area contributed by atoms with E-state index in [1.165, 1.54) is 6.08 Å². The summed E-state index contributed by atoms with van der Waals surface area (Å²) in [5.41, 5.74) is 4.67. The van der Waals surface area contributed by atoms with Crippen LogP contribution in [0.4, 0.5) is 10.5 Å². The van der Waals surface area contributed by atoms with Crippen molar-refractivity contribution in [1.82, 2.24) is 5.32 Å². The first-order valence-electron chi connectivity index (χ1n) is 10.7. The number of carbonyl (C=O) groups is 3. The molecular weight excluding hydrogens is 452 g/mol. The SMILES string of the molecule is COc1cc(/C=C2\C(=O)NC(=O)N(c3ccc(C)c(C)c3)C2=O)ccc1Cc1ccccc1Cl. The summed E-state index contributed by atoms with van der Waals surface area (Å²) < 4.78 is 5.55. The molecule has 1 heterocycles. The highest BCUT2D eigenvalue weighted by Crippen LogP contribution is 2.28. The zero-order valence-corrected chi connectivity index (χ0v) is 19.8. The molecule has 3 aromatic rings. The second-order valence-electron chi connectivity index (χ2n) is 8.07. The highest BCUT2D eigenvalue weighted by molar-refractivity contribution is 6.39. The minimum absolute atomic E-state index is 0.140. The van der Waals surface area contributed by atoms with Gasteiger partial charge >= 0.3 is 6.03 Å². The molecular formula is C27H23ClN2O4. The molecule has 34 heavy (non-hydrogen) atoms. The topological polar surface area (TPSA) is 75.7 Å². The van der Waals surface area contributed by atoms with Gasteiger partial charge in [-0.25, -0.2) is 9.69 Å². The van der Waals surface area contributed by atoms with E-state index in [9.17, 15) is 14.4 Å². The van der Waals surface area contributed by atoms with Crippen molar-refractivity contribution in [2.75, 3.05) is 12.0 Å². The summed E-state index contributed by atoms with van der Waals surface area (Å²) in [7, 11) is 1.56. The highest BCUT2D eigenvalue weighted by Gasteiger charge is 2.36. The zero-order chi connectivity index (χ0) is 24.4. The van der Waals surface area contributed by atoms with Crippen molar-refractivity contribution in [2.45, 2.75) is 20.3 Å². The average Bonchev–Trinajstić information content (AvgIpc) is 2.81. The Labute approximate surface area is 202 Å². The lowest BCUT2D eigenvalue weighted by Crippen LogP contribution is -2.54. The van der Waals surface area contributed by atoms with Crippen molar-refractivity contribution in [2.24, 2.45) is 0 Å². The van der Waals surface area contributed by atoms with Gasteiger partial charge in [0, 0.05) is 11.4 Å². The molecule has 6 nitrogen and oxygen atoms in total. The number of benzene rings is 3. The molecule has 1 aliphatic rings. The third-order valence-corrected chi connectivity index (χ3v) is 6.18. The number of carbonyl (C=O) groups excluding carboxylic acids is 3. The number of aryl methyl sites for hydroxylation is 2. The van der Waals surface area contributed by atoms with E-state index >= 15 is 0 Å². The summed E-state index contributed by atoms with van der Waals surface area (Å²) in [6.45, 7) is 3.83. The lowest BCUT2D eigenvalue weighted by atomic mass is 10.0. The Morgan fingerprint density at radius 1 is 0.941 bits per heavy atom. The van der Waals surface area contributed by atoms with Gasteiger partial charge in [0.25, 0.3) is 11.8 Å². The fraction of sp³-hybridized carbons (Fsp3) is 0.148. The van der Waals surface area contributed by atoms with E-state index in [0.29, 0.717) is 28.4 Å². The number of nitrogens with zero attached hydrogens (tertiary/aromatic N) is 1. The van der Waals surface area contributed by atoms with Gasteiger partial charge in [0.05, 0.1) is 12.8 Å². The van der Waals surface area contributed by atoms with Crippen molar-refractivity contribution < 1.29 is 19.1 Å². The predicted octanol–water partition coefficient (Wildman–Crippen LogP) is 5.22. The van der Waals surface area contributed by atoms with Crippen LogP contribution in [-0.2, 0) is 16.0 Å². The highest BCUT2D eigenvalue weighted by atomic mass is 35.5. The molecule has 0 unspecified atom stereocenters. The number of barbiturate groups is 1. The number of anilines is 1. The third kappa shape index (κ3) is 4.58. The molecule has 4 amide bonds. The first-order valence-corrected chi connectivity index (χ1v) is 11.1. The molecule has 1 fully saturated rings. The van der Waals surface area contributed by atoms with Crippen molar-refractivity contribution in [3.8, 4) is 5.75 Å². The second-order valence-corrected chi connectivity index (χ2v) is 8.47. The second kappa shape index (κ2) is 9.53. The van der Waals surface area contributed by atoms with Crippen molar-refractivity contribution >= 4 is 41.2 Å². The number of urea groups is 1. The van der Waals surface area contributed by atoms with Crippen LogP contribution in [0.15, 0.2) is 66.2 Å². The van der Waals surface area contributed by atoms with Gasteiger partial charge in [-0.1, -0.05) is 48.0 Å². The van der Waals surface area contributed by atoms with Crippen LogP contribution in [0.25, 0.3) is 6.08 Å². The van der Waals surface area contributed by atoms with E-state index in [4.69, 9.17) is 16.3 Å². The Hall–Kier alpha value is -3.90. The summed E-state index contributed by atoms with van der Waals surface area (Å²) in [6.07, 6.45) is 2.02. The van der Waals surface area contributed by atoms with E-state index in [0.717, 1.165) is 27.2 Å². The van der Waals surface area contributed by atoms with Crippen LogP contribution in [0.1, 0.15) is 27.8 Å². The normalized spacial score (nSPS) is 15.0. The Bertz CT molecular complexity index is 1350. The minimum atomic E-state index is -0.775. The molecule has 1 N–H and O–H groups in total. The Morgan fingerprint density at radius 2 is 1.71 bits per heavy atom. The van der Waals surface area contributed by atoms with E-state index in [-0.39, 0.29) is 5.57 Å². The van der Waals surface area contributed by atoms with Crippen LogP contribution >= 0.6 is 11.6 Å². The maximum atomic E-state index is 13.2. The predicted molar refractivity (Wildman–Crippen MR) is 132 cm³/mol. The quantitative estimate of drug-likeness (QED) is 0.406. The Balaban J connectivity index is 1.67. The van der Waals surface area contributed by atoms with Gasteiger partial charge in [0.2, 0.25) is 0 Å². The largest absolute Gasteiger partial charge is 0.496 e. The van der Waals surface area contributed by atoms with Gasteiger partial charge in [-0.2, -0.15) is 0 Å².